The lowest BCUT2D eigenvalue weighted by Crippen LogP contribution is -2.54. The lowest BCUT2D eigenvalue weighted by Gasteiger charge is -2.34. The van der Waals surface area contributed by atoms with Crippen LogP contribution in [-0.4, -0.2) is 42.2 Å². The molecule has 2 atom stereocenters. The van der Waals surface area contributed by atoms with Crippen LogP contribution in [0, 0.1) is 12.3 Å². The third-order valence-corrected chi connectivity index (χ3v) is 3.87. The first-order valence-corrected chi connectivity index (χ1v) is 6.71. The van der Waals surface area contributed by atoms with Crippen molar-refractivity contribution in [1.82, 2.24) is 10.2 Å². The predicted octanol–water partition coefficient (Wildman–Crippen LogP) is 1.19. The van der Waals surface area contributed by atoms with E-state index >= 15 is 0 Å². The van der Waals surface area contributed by atoms with Gasteiger partial charge in [0.15, 0.2) is 0 Å². The first-order valence-electron chi connectivity index (χ1n) is 6.71. The fourth-order valence-corrected chi connectivity index (χ4v) is 2.64. The number of nitrogens with zero attached hydrogens (tertiary/aromatic N) is 1. The van der Waals surface area contributed by atoms with E-state index in [-0.39, 0.29) is 11.6 Å². The maximum atomic E-state index is 5.98. The van der Waals surface area contributed by atoms with Crippen LogP contribution < -0.4 is 11.1 Å². The summed E-state index contributed by atoms with van der Waals surface area (Å²) < 4.78 is 0. The molecule has 1 heterocycles. The van der Waals surface area contributed by atoms with Crippen LogP contribution in [0.5, 0.6) is 0 Å². The van der Waals surface area contributed by atoms with Crippen molar-refractivity contribution in [1.29, 1.82) is 0 Å². The Morgan fingerprint density at radius 2 is 2.06 bits per heavy atom. The molecule has 0 radical (unpaired) electrons. The summed E-state index contributed by atoms with van der Waals surface area (Å²) in [6, 6.07) is 0.720. The van der Waals surface area contributed by atoms with Gasteiger partial charge in [-0.25, -0.2) is 0 Å². The summed E-state index contributed by atoms with van der Waals surface area (Å²) in [5.41, 5.74) is 6.02. The minimum atomic E-state index is 0.0371. The lowest BCUT2D eigenvalue weighted by atomic mass is 9.89. The van der Waals surface area contributed by atoms with E-state index in [1.165, 1.54) is 13.0 Å². The summed E-state index contributed by atoms with van der Waals surface area (Å²) in [6.07, 6.45) is 8.86. The zero-order chi connectivity index (χ0) is 12.9. The molecule has 0 aromatic rings. The number of rotatable bonds is 4. The van der Waals surface area contributed by atoms with E-state index in [1.807, 2.05) is 6.92 Å². The summed E-state index contributed by atoms with van der Waals surface area (Å²) >= 11 is 0. The molecule has 3 N–H and O–H groups in total. The highest BCUT2D eigenvalue weighted by Crippen LogP contribution is 2.23. The molecule has 3 heteroatoms. The van der Waals surface area contributed by atoms with Crippen LogP contribution in [0.3, 0.4) is 0 Å². The monoisotopic (exact) mass is 237 g/mol. The van der Waals surface area contributed by atoms with Crippen LogP contribution in [-0.2, 0) is 0 Å². The molecular weight excluding hydrogens is 210 g/mol. The Morgan fingerprint density at radius 1 is 1.35 bits per heavy atom. The zero-order valence-corrected chi connectivity index (χ0v) is 11.5. The summed E-state index contributed by atoms with van der Waals surface area (Å²) in [5.74, 6) is 2.75. The van der Waals surface area contributed by atoms with Crippen molar-refractivity contribution in [3.63, 3.8) is 0 Å². The van der Waals surface area contributed by atoms with Gasteiger partial charge >= 0.3 is 0 Å². The predicted molar refractivity (Wildman–Crippen MR) is 73.8 cm³/mol. The molecule has 3 nitrogen and oxygen atoms in total. The fourth-order valence-electron chi connectivity index (χ4n) is 2.64. The number of nitrogens with one attached hydrogen (secondary N) is 1. The van der Waals surface area contributed by atoms with E-state index in [4.69, 9.17) is 12.2 Å². The van der Waals surface area contributed by atoms with Gasteiger partial charge in [0.05, 0.1) is 6.04 Å². The Labute approximate surface area is 106 Å². The van der Waals surface area contributed by atoms with Gasteiger partial charge in [0.25, 0.3) is 0 Å². The van der Waals surface area contributed by atoms with Gasteiger partial charge in [0, 0.05) is 24.7 Å². The molecule has 1 aliphatic rings. The van der Waals surface area contributed by atoms with Crippen LogP contribution in [0.1, 0.15) is 40.0 Å². The average molecular weight is 237 g/mol. The summed E-state index contributed by atoms with van der Waals surface area (Å²) in [4.78, 5) is 2.53. The smallest absolute Gasteiger partial charge is 0.0663 e. The summed E-state index contributed by atoms with van der Waals surface area (Å²) in [6.45, 7) is 9.50. The first-order chi connectivity index (χ1) is 8.03. The molecule has 0 amide bonds. The molecular formula is C14H27N3. The molecule has 0 aromatic carbocycles. The van der Waals surface area contributed by atoms with Gasteiger partial charge in [-0.1, -0.05) is 5.92 Å². The Kier molecular flexibility index (Phi) is 5.45. The standard InChI is InChI=1S/C14H27N3/c1-5-13(4)16-14(11-15)7-6-9-17(10-8-14)12(2)3/h1,12-13,16H,6-11,15H2,2-4H3. The third kappa shape index (κ3) is 3.99. The van der Waals surface area contributed by atoms with Crippen molar-refractivity contribution in [2.45, 2.75) is 57.7 Å². The summed E-state index contributed by atoms with van der Waals surface area (Å²) in [5, 5.41) is 3.54. The van der Waals surface area contributed by atoms with E-state index in [0.717, 1.165) is 19.4 Å². The topological polar surface area (TPSA) is 41.3 Å². The van der Waals surface area contributed by atoms with Crippen LogP contribution in [0.15, 0.2) is 0 Å². The minimum Gasteiger partial charge on any atom is -0.329 e. The van der Waals surface area contributed by atoms with Gasteiger partial charge in [0.2, 0.25) is 0 Å². The molecule has 0 aliphatic carbocycles. The second-order valence-electron chi connectivity index (χ2n) is 5.50. The second kappa shape index (κ2) is 6.39. The summed E-state index contributed by atoms with van der Waals surface area (Å²) in [7, 11) is 0. The van der Waals surface area contributed by atoms with Crippen molar-refractivity contribution in [3.8, 4) is 12.3 Å². The first kappa shape index (κ1) is 14.5. The number of likely N-dealkylation sites (tertiary alicyclic amines) is 1. The van der Waals surface area contributed by atoms with Crippen molar-refractivity contribution < 1.29 is 0 Å². The van der Waals surface area contributed by atoms with E-state index < -0.39 is 0 Å². The van der Waals surface area contributed by atoms with Crippen LogP contribution in [0.25, 0.3) is 0 Å². The van der Waals surface area contributed by atoms with E-state index in [9.17, 15) is 0 Å². The van der Waals surface area contributed by atoms with E-state index in [0.29, 0.717) is 12.6 Å². The van der Waals surface area contributed by atoms with Crippen LogP contribution in [0.4, 0.5) is 0 Å². The molecule has 98 valence electrons. The molecule has 1 saturated heterocycles. The number of nitrogens with two attached hydrogens (primary N) is 1. The molecule has 2 unspecified atom stereocenters. The number of terminal acetylenes is 1. The van der Waals surface area contributed by atoms with Gasteiger partial charge in [-0.15, -0.1) is 6.42 Å². The van der Waals surface area contributed by atoms with Gasteiger partial charge in [-0.2, -0.15) is 0 Å². The Hall–Kier alpha value is -0.560. The average Bonchev–Trinajstić information content (AvgIpc) is 2.52. The van der Waals surface area contributed by atoms with E-state index in [2.05, 4.69) is 30.0 Å². The molecule has 1 fully saturated rings. The Morgan fingerprint density at radius 3 is 2.59 bits per heavy atom. The lowest BCUT2D eigenvalue weighted by molar-refractivity contribution is 0.217. The highest BCUT2D eigenvalue weighted by molar-refractivity contribution is 5.03. The molecule has 0 bridgehead atoms. The SMILES string of the molecule is C#CC(C)NC1(CN)CCCN(C(C)C)CC1. The molecule has 17 heavy (non-hydrogen) atoms. The van der Waals surface area contributed by atoms with E-state index in [1.54, 1.807) is 0 Å². The fraction of sp³-hybridized carbons (Fsp3) is 0.857. The molecule has 0 saturated carbocycles. The molecule has 0 aromatic heterocycles. The van der Waals surface area contributed by atoms with Gasteiger partial charge < -0.3 is 10.6 Å². The van der Waals surface area contributed by atoms with Gasteiger partial charge in [-0.05, 0) is 46.6 Å². The highest BCUT2D eigenvalue weighted by atomic mass is 15.2. The van der Waals surface area contributed by atoms with Crippen molar-refractivity contribution in [2.24, 2.45) is 5.73 Å². The van der Waals surface area contributed by atoms with Gasteiger partial charge in [-0.3, -0.25) is 5.32 Å². The minimum absolute atomic E-state index is 0.0371. The normalized spacial score (nSPS) is 28.7. The van der Waals surface area contributed by atoms with Crippen molar-refractivity contribution in [2.75, 3.05) is 19.6 Å². The number of hydrogen-bond donors (Lipinski definition) is 2. The Balaban J connectivity index is 2.65. The maximum absolute atomic E-state index is 5.98. The number of hydrogen-bond acceptors (Lipinski definition) is 3. The molecule has 1 aliphatic heterocycles. The van der Waals surface area contributed by atoms with Gasteiger partial charge in [0.1, 0.15) is 0 Å². The second-order valence-corrected chi connectivity index (χ2v) is 5.50. The van der Waals surface area contributed by atoms with Crippen molar-refractivity contribution >= 4 is 0 Å². The van der Waals surface area contributed by atoms with Crippen molar-refractivity contribution in [3.05, 3.63) is 0 Å². The largest absolute Gasteiger partial charge is 0.329 e. The highest BCUT2D eigenvalue weighted by Gasteiger charge is 2.32. The quantitative estimate of drug-likeness (QED) is 0.722. The molecule has 1 rings (SSSR count). The zero-order valence-electron chi connectivity index (χ0n) is 11.5. The maximum Gasteiger partial charge on any atom is 0.0663 e. The molecule has 0 spiro atoms. The van der Waals surface area contributed by atoms with Crippen LogP contribution in [0.2, 0.25) is 0 Å². The Bertz CT molecular complexity index is 269. The third-order valence-electron chi connectivity index (χ3n) is 3.87. The van der Waals surface area contributed by atoms with Crippen LogP contribution >= 0.6 is 0 Å².